The van der Waals surface area contributed by atoms with Crippen molar-refractivity contribution < 1.29 is 19.1 Å². The Hall–Kier alpha value is -3.06. The minimum Gasteiger partial charge on any atom is -0.486 e. The second kappa shape index (κ2) is 7.89. The van der Waals surface area contributed by atoms with Gasteiger partial charge in [0, 0.05) is 13.1 Å². The van der Waals surface area contributed by atoms with Gasteiger partial charge in [0.15, 0.2) is 11.5 Å². The third-order valence-electron chi connectivity index (χ3n) is 6.45. The van der Waals surface area contributed by atoms with Gasteiger partial charge >= 0.3 is 6.03 Å². The lowest BCUT2D eigenvalue weighted by molar-refractivity contribution is -0.133. The van der Waals surface area contributed by atoms with E-state index < -0.39 is 5.54 Å². The predicted molar refractivity (Wildman–Crippen MR) is 115 cm³/mol. The summed E-state index contributed by atoms with van der Waals surface area (Å²) in [6.45, 7) is 4.54. The molecular weight excluding hydrogens is 394 g/mol. The van der Waals surface area contributed by atoms with Crippen LogP contribution in [0.2, 0.25) is 0 Å². The van der Waals surface area contributed by atoms with Crippen LogP contribution in [0.15, 0.2) is 54.6 Å². The quantitative estimate of drug-likeness (QED) is 0.769. The van der Waals surface area contributed by atoms with Crippen LogP contribution >= 0.6 is 0 Å². The summed E-state index contributed by atoms with van der Waals surface area (Å²) in [7, 11) is 0. The van der Waals surface area contributed by atoms with Crippen molar-refractivity contribution in [2.24, 2.45) is 0 Å². The molecule has 1 N–H and O–H groups in total. The maximum Gasteiger partial charge on any atom is 0.325 e. The van der Waals surface area contributed by atoms with Crippen LogP contribution in [0.4, 0.5) is 4.79 Å². The zero-order valence-electron chi connectivity index (χ0n) is 17.6. The van der Waals surface area contributed by atoms with Crippen LogP contribution < -0.4 is 14.8 Å². The minimum absolute atomic E-state index is 0.0775. The molecule has 31 heavy (non-hydrogen) atoms. The number of urea groups is 1. The SMILES string of the molecule is CC1(c2ccccc2)NC(=O)N(C2CCCN(CC3COc4ccccc4O3)C2)C1=O. The molecule has 3 aliphatic rings. The van der Waals surface area contributed by atoms with Gasteiger partial charge in [-0.25, -0.2) is 4.79 Å². The Morgan fingerprint density at radius 2 is 1.81 bits per heavy atom. The number of rotatable bonds is 4. The fourth-order valence-electron chi connectivity index (χ4n) is 4.81. The van der Waals surface area contributed by atoms with Gasteiger partial charge in [-0.05, 0) is 44.0 Å². The minimum atomic E-state index is -1.02. The number of carbonyl (C=O) groups is 2. The molecule has 2 fully saturated rings. The average Bonchev–Trinajstić information content (AvgIpc) is 3.03. The highest BCUT2D eigenvalue weighted by Gasteiger charge is 2.51. The molecule has 0 saturated carbocycles. The van der Waals surface area contributed by atoms with E-state index in [1.165, 1.54) is 4.90 Å². The zero-order chi connectivity index (χ0) is 21.4. The van der Waals surface area contributed by atoms with E-state index in [1.54, 1.807) is 6.92 Å². The molecule has 3 unspecified atom stereocenters. The first kappa shape index (κ1) is 19.9. The number of amides is 3. The number of nitrogens with zero attached hydrogens (tertiary/aromatic N) is 2. The average molecular weight is 421 g/mol. The lowest BCUT2D eigenvalue weighted by Crippen LogP contribution is -2.53. The summed E-state index contributed by atoms with van der Waals surface area (Å²) in [4.78, 5) is 29.9. The van der Waals surface area contributed by atoms with Crippen molar-refractivity contribution in [2.75, 3.05) is 26.2 Å². The molecule has 2 aromatic carbocycles. The van der Waals surface area contributed by atoms with Gasteiger partial charge in [0.25, 0.3) is 5.91 Å². The van der Waals surface area contributed by atoms with Crippen LogP contribution in [0.3, 0.4) is 0 Å². The third kappa shape index (κ3) is 3.63. The lowest BCUT2D eigenvalue weighted by atomic mass is 9.91. The van der Waals surface area contributed by atoms with Crippen LogP contribution in [0.25, 0.3) is 0 Å². The molecule has 162 valence electrons. The van der Waals surface area contributed by atoms with Crippen LogP contribution in [-0.4, -0.2) is 60.1 Å². The van der Waals surface area contributed by atoms with Gasteiger partial charge in [-0.2, -0.15) is 0 Å². The number of fused-ring (bicyclic) bond motifs is 1. The van der Waals surface area contributed by atoms with Crippen LogP contribution in [-0.2, 0) is 10.3 Å². The Bertz CT molecular complexity index is 982. The summed E-state index contributed by atoms with van der Waals surface area (Å²) in [5.41, 5.74) is -0.222. The van der Waals surface area contributed by atoms with Gasteiger partial charge in [0.2, 0.25) is 0 Å². The maximum absolute atomic E-state index is 13.4. The van der Waals surface area contributed by atoms with E-state index in [9.17, 15) is 9.59 Å². The van der Waals surface area contributed by atoms with Crippen molar-refractivity contribution in [1.29, 1.82) is 0 Å². The molecule has 0 aromatic heterocycles. The van der Waals surface area contributed by atoms with E-state index in [0.29, 0.717) is 19.7 Å². The first-order valence-corrected chi connectivity index (χ1v) is 10.9. The largest absolute Gasteiger partial charge is 0.486 e. The van der Waals surface area contributed by atoms with E-state index in [0.717, 1.165) is 36.4 Å². The van der Waals surface area contributed by atoms with Crippen molar-refractivity contribution >= 4 is 11.9 Å². The number of benzene rings is 2. The molecule has 0 aliphatic carbocycles. The monoisotopic (exact) mass is 421 g/mol. The van der Waals surface area contributed by atoms with Gasteiger partial charge < -0.3 is 14.8 Å². The molecule has 3 amide bonds. The van der Waals surface area contributed by atoms with Gasteiger partial charge in [0.05, 0.1) is 6.04 Å². The number of hydrogen-bond acceptors (Lipinski definition) is 5. The smallest absolute Gasteiger partial charge is 0.325 e. The number of carbonyl (C=O) groups excluding carboxylic acids is 2. The second-order valence-corrected chi connectivity index (χ2v) is 8.65. The molecule has 3 heterocycles. The molecular formula is C24H27N3O4. The standard InChI is InChI=1S/C24H27N3O4/c1-24(17-8-3-2-4-9-17)22(28)27(23(29)25-24)18-10-7-13-26(14-18)15-19-16-30-20-11-5-6-12-21(20)31-19/h2-6,8-9,11-12,18-19H,7,10,13-16H2,1H3,(H,25,29). The highest BCUT2D eigenvalue weighted by Crippen LogP contribution is 2.33. The van der Waals surface area contributed by atoms with Crippen molar-refractivity contribution in [3.63, 3.8) is 0 Å². The number of likely N-dealkylation sites (tertiary alicyclic amines) is 1. The molecule has 0 radical (unpaired) electrons. The molecule has 2 aromatic rings. The zero-order valence-corrected chi connectivity index (χ0v) is 17.6. The summed E-state index contributed by atoms with van der Waals surface area (Å²) < 4.78 is 11.9. The maximum atomic E-state index is 13.4. The normalized spacial score (nSPS) is 28.5. The molecule has 2 saturated heterocycles. The molecule has 0 bridgehead atoms. The summed E-state index contributed by atoms with van der Waals surface area (Å²) >= 11 is 0. The Kier molecular flexibility index (Phi) is 5.06. The van der Waals surface area contributed by atoms with Crippen molar-refractivity contribution in [3.05, 3.63) is 60.2 Å². The number of para-hydroxylation sites is 2. The van der Waals surface area contributed by atoms with E-state index >= 15 is 0 Å². The van der Waals surface area contributed by atoms with Crippen molar-refractivity contribution in [1.82, 2.24) is 15.1 Å². The number of imide groups is 1. The highest BCUT2D eigenvalue weighted by atomic mass is 16.6. The Morgan fingerprint density at radius 1 is 1.06 bits per heavy atom. The van der Waals surface area contributed by atoms with Gasteiger partial charge in [-0.3, -0.25) is 14.6 Å². The number of ether oxygens (including phenoxy) is 2. The summed E-state index contributed by atoms with van der Waals surface area (Å²) in [5, 5.41) is 2.93. The number of nitrogens with one attached hydrogen (secondary N) is 1. The molecule has 3 aliphatic heterocycles. The van der Waals surface area contributed by atoms with Gasteiger partial charge in [-0.1, -0.05) is 42.5 Å². The highest BCUT2D eigenvalue weighted by molar-refractivity contribution is 6.07. The van der Waals surface area contributed by atoms with E-state index in [-0.39, 0.29) is 24.1 Å². The molecule has 7 nitrogen and oxygen atoms in total. The Labute approximate surface area is 181 Å². The predicted octanol–water partition coefficient (Wildman–Crippen LogP) is 2.76. The first-order valence-electron chi connectivity index (χ1n) is 10.9. The molecule has 0 spiro atoms. The fourth-order valence-corrected chi connectivity index (χ4v) is 4.81. The third-order valence-corrected chi connectivity index (χ3v) is 6.45. The second-order valence-electron chi connectivity index (χ2n) is 8.65. The van der Waals surface area contributed by atoms with Crippen LogP contribution in [0.1, 0.15) is 25.3 Å². The number of hydrogen-bond donors (Lipinski definition) is 1. The summed E-state index contributed by atoms with van der Waals surface area (Å²) in [5.74, 6) is 1.36. The Morgan fingerprint density at radius 3 is 2.61 bits per heavy atom. The van der Waals surface area contributed by atoms with Gasteiger partial charge in [0.1, 0.15) is 18.2 Å². The molecule has 5 rings (SSSR count). The summed E-state index contributed by atoms with van der Waals surface area (Å²) in [6, 6.07) is 16.7. The van der Waals surface area contributed by atoms with Crippen LogP contribution in [0.5, 0.6) is 11.5 Å². The van der Waals surface area contributed by atoms with Crippen LogP contribution in [0, 0.1) is 0 Å². The van der Waals surface area contributed by atoms with Gasteiger partial charge in [-0.15, -0.1) is 0 Å². The molecule has 7 heteroatoms. The first-order chi connectivity index (χ1) is 15.0. The topological polar surface area (TPSA) is 71.1 Å². The van der Waals surface area contributed by atoms with E-state index in [1.807, 2.05) is 54.6 Å². The lowest BCUT2D eigenvalue weighted by Gasteiger charge is -2.38. The Balaban J connectivity index is 1.26. The fraction of sp³-hybridized carbons (Fsp3) is 0.417. The van der Waals surface area contributed by atoms with Crippen molar-refractivity contribution in [2.45, 2.75) is 37.5 Å². The van der Waals surface area contributed by atoms with E-state index in [2.05, 4.69) is 10.2 Å². The van der Waals surface area contributed by atoms with E-state index in [4.69, 9.17) is 9.47 Å². The van der Waals surface area contributed by atoms with Crippen molar-refractivity contribution in [3.8, 4) is 11.5 Å². The molecule has 3 atom stereocenters. The number of piperidine rings is 1. The summed E-state index contributed by atoms with van der Waals surface area (Å²) in [6.07, 6.45) is 1.66.